The second-order valence-corrected chi connectivity index (χ2v) is 4.17. The van der Waals surface area contributed by atoms with Gasteiger partial charge in [0, 0.05) is 12.1 Å². The van der Waals surface area contributed by atoms with Crippen LogP contribution in [0.25, 0.3) is 0 Å². The van der Waals surface area contributed by atoms with Crippen LogP contribution < -0.4 is 5.32 Å². The molecule has 88 valence electrons. The van der Waals surface area contributed by atoms with Gasteiger partial charge in [-0.2, -0.15) is 0 Å². The highest BCUT2D eigenvalue weighted by Gasteiger charge is 2.05. The minimum Gasteiger partial charge on any atom is -0.326 e. The molecule has 0 fully saturated rings. The summed E-state index contributed by atoms with van der Waals surface area (Å²) in [6, 6.07) is 6.28. The normalized spacial score (nSPS) is 10.2. The molecule has 0 aromatic heterocycles. The molecule has 2 heteroatoms. The third kappa shape index (κ3) is 3.69. The van der Waals surface area contributed by atoms with Gasteiger partial charge in [-0.1, -0.05) is 32.4 Å². The first-order chi connectivity index (χ1) is 7.67. The number of hydrogen-bond donors (Lipinski definition) is 1. The molecule has 0 bridgehead atoms. The summed E-state index contributed by atoms with van der Waals surface area (Å²) in [5, 5.41) is 2.97. The number of anilines is 1. The Hall–Kier alpha value is -1.31. The van der Waals surface area contributed by atoms with Crippen molar-refractivity contribution < 1.29 is 4.79 Å². The Labute approximate surface area is 98.1 Å². The lowest BCUT2D eigenvalue weighted by molar-refractivity contribution is -0.115. The van der Waals surface area contributed by atoms with E-state index in [1.807, 2.05) is 13.8 Å². The van der Waals surface area contributed by atoms with E-state index in [0.717, 1.165) is 18.5 Å². The van der Waals surface area contributed by atoms with Crippen LogP contribution in [0.4, 0.5) is 5.69 Å². The summed E-state index contributed by atoms with van der Waals surface area (Å²) in [6.45, 7) is 6.10. The number of benzene rings is 1. The zero-order valence-corrected chi connectivity index (χ0v) is 10.5. The fourth-order valence-corrected chi connectivity index (χ4v) is 1.63. The van der Waals surface area contributed by atoms with Crippen molar-refractivity contribution in [3.8, 4) is 0 Å². The third-order valence-electron chi connectivity index (χ3n) is 2.66. The number of aryl methyl sites for hydroxylation is 2. The summed E-state index contributed by atoms with van der Waals surface area (Å²) in [5.41, 5.74) is 3.42. The highest BCUT2D eigenvalue weighted by Crippen LogP contribution is 2.20. The van der Waals surface area contributed by atoms with Crippen LogP contribution in [0, 0.1) is 6.92 Å². The predicted octanol–water partition coefficient (Wildman–Crippen LogP) is 3.69. The molecular formula is C14H21NO. The molecule has 0 saturated heterocycles. The lowest BCUT2D eigenvalue weighted by atomic mass is 10.0. The second kappa shape index (κ2) is 6.31. The van der Waals surface area contributed by atoms with Gasteiger partial charge in [-0.3, -0.25) is 4.79 Å². The molecular weight excluding hydrogens is 198 g/mol. The number of carbonyl (C=O) groups excluding carboxylic acids is 1. The van der Waals surface area contributed by atoms with E-state index < -0.39 is 0 Å². The van der Waals surface area contributed by atoms with Gasteiger partial charge in [0.25, 0.3) is 0 Å². The summed E-state index contributed by atoms with van der Waals surface area (Å²) in [6.07, 6.45) is 3.91. The molecule has 1 aromatic carbocycles. The van der Waals surface area contributed by atoms with Crippen LogP contribution >= 0.6 is 0 Å². The number of rotatable bonds is 5. The fourth-order valence-electron chi connectivity index (χ4n) is 1.63. The van der Waals surface area contributed by atoms with E-state index in [0.29, 0.717) is 6.42 Å². The average Bonchev–Trinajstić information content (AvgIpc) is 2.28. The van der Waals surface area contributed by atoms with Crippen molar-refractivity contribution in [2.24, 2.45) is 0 Å². The molecule has 1 rings (SSSR count). The van der Waals surface area contributed by atoms with Gasteiger partial charge in [-0.15, -0.1) is 0 Å². The molecule has 2 nitrogen and oxygen atoms in total. The number of carbonyl (C=O) groups is 1. The molecule has 0 aliphatic rings. The molecule has 0 atom stereocenters. The van der Waals surface area contributed by atoms with E-state index in [-0.39, 0.29) is 5.91 Å². The third-order valence-corrected chi connectivity index (χ3v) is 2.66. The average molecular weight is 219 g/mol. The van der Waals surface area contributed by atoms with E-state index in [4.69, 9.17) is 0 Å². The Morgan fingerprint density at radius 2 is 2.06 bits per heavy atom. The van der Waals surface area contributed by atoms with Crippen LogP contribution in [0.2, 0.25) is 0 Å². The first kappa shape index (κ1) is 12.8. The Kier molecular flexibility index (Phi) is 5.03. The molecule has 0 saturated carbocycles. The molecule has 1 N–H and O–H groups in total. The Bertz CT molecular complexity index is 358. The van der Waals surface area contributed by atoms with Gasteiger partial charge >= 0.3 is 0 Å². The van der Waals surface area contributed by atoms with Gasteiger partial charge in [0.1, 0.15) is 0 Å². The summed E-state index contributed by atoms with van der Waals surface area (Å²) in [5.74, 6) is 0.0864. The minimum absolute atomic E-state index is 0.0864. The van der Waals surface area contributed by atoms with E-state index in [9.17, 15) is 4.79 Å². The summed E-state index contributed by atoms with van der Waals surface area (Å²) >= 11 is 0. The zero-order valence-electron chi connectivity index (χ0n) is 10.5. The van der Waals surface area contributed by atoms with Crippen LogP contribution in [0.3, 0.4) is 0 Å². The van der Waals surface area contributed by atoms with Crippen LogP contribution in [-0.2, 0) is 11.2 Å². The minimum atomic E-state index is 0.0864. The molecule has 0 heterocycles. The summed E-state index contributed by atoms with van der Waals surface area (Å²) in [4.78, 5) is 11.4. The number of amides is 1. The monoisotopic (exact) mass is 219 g/mol. The highest BCUT2D eigenvalue weighted by molar-refractivity contribution is 5.91. The zero-order chi connectivity index (χ0) is 12.0. The van der Waals surface area contributed by atoms with Gasteiger partial charge in [-0.25, -0.2) is 0 Å². The first-order valence-corrected chi connectivity index (χ1v) is 6.06. The SMILES string of the molecule is CCCCc1ccc(C)cc1NC(=O)CC. The van der Waals surface area contributed by atoms with E-state index in [2.05, 4.69) is 30.4 Å². The topological polar surface area (TPSA) is 29.1 Å². The number of hydrogen-bond acceptors (Lipinski definition) is 1. The summed E-state index contributed by atoms with van der Waals surface area (Å²) < 4.78 is 0. The van der Waals surface area contributed by atoms with Crippen LogP contribution in [0.1, 0.15) is 44.2 Å². The van der Waals surface area contributed by atoms with Crippen molar-refractivity contribution in [2.75, 3.05) is 5.32 Å². The second-order valence-electron chi connectivity index (χ2n) is 4.17. The standard InChI is InChI=1S/C14H21NO/c1-4-6-7-12-9-8-11(3)10-13(12)15-14(16)5-2/h8-10H,4-7H2,1-3H3,(H,15,16). The fraction of sp³-hybridized carbons (Fsp3) is 0.500. The van der Waals surface area contributed by atoms with Crippen LogP contribution in [0.15, 0.2) is 18.2 Å². The van der Waals surface area contributed by atoms with Gasteiger partial charge < -0.3 is 5.32 Å². The van der Waals surface area contributed by atoms with E-state index >= 15 is 0 Å². The van der Waals surface area contributed by atoms with E-state index in [1.165, 1.54) is 17.5 Å². The smallest absolute Gasteiger partial charge is 0.224 e. The molecule has 0 spiro atoms. The molecule has 1 aromatic rings. The van der Waals surface area contributed by atoms with Crippen LogP contribution in [0.5, 0.6) is 0 Å². The van der Waals surface area contributed by atoms with Crippen molar-refractivity contribution >= 4 is 11.6 Å². The predicted molar refractivity (Wildman–Crippen MR) is 68.7 cm³/mol. The molecule has 1 amide bonds. The molecule has 0 aliphatic heterocycles. The Morgan fingerprint density at radius 3 is 2.69 bits per heavy atom. The summed E-state index contributed by atoms with van der Waals surface area (Å²) in [7, 11) is 0. The lowest BCUT2D eigenvalue weighted by Gasteiger charge is -2.11. The van der Waals surface area contributed by atoms with Crippen molar-refractivity contribution in [2.45, 2.75) is 46.5 Å². The molecule has 0 aliphatic carbocycles. The maximum absolute atomic E-state index is 11.4. The lowest BCUT2D eigenvalue weighted by Crippen LogP contribution is -2.11. The molecule has 0 radical (unpaired) electrons. The number of nitrogens with one attached hydrogen (secondary N) is 1. The van der Waals surface area contributed by atoms with Gasteiger partial charge in [0.2, 0.25) is 5.91 Å². The molecule has 0 unspecified atom stereocenters. The largest absolute Gasteiger partial charge is 0.326 e. The van der Waals surface area contributed by atoms with Crippen LogP contribution in [-0.4, -0.2) is 5.91 Å². The number of unbranched alkanes of at least 4 members (excludes halogenated alkanes) is 1. The van der Waals surface area contributed by atoms with E-state index in [1.54, 1.807) is 0 Å². The molecule has 16 heavy (non-hydrogen) atoms. The Morgan fingerprint density at radius 1 is 1.31 bits per heavy atom. The first-order valence-electron chi connectivity index (χ1n) is 6.06. The highest BCUT2D eigenvalue weighted by atomic mass is 16.1. The maximum Gasteiger partial charge on any atom is 0.224 e. The van der Waals surface area contributed by atoms with Crippen molar-refractivity contribution in [1.82, 2.24) is 0 Å². The quantitative estimate of drug-likeness (QED) is 0.804. The van der Waals surface area contributed by atoms with Gasteiger partial charge in [0.15, 0.2) is 0 Å². The van der Waals surface area contributed by atoms with Crippen molar-refractivity contribution in [1.29, 1.82) is 0 Å². The van der Waals surface area contributed by atoms with Crippen molar-refractivity contribution in [3.05, 3.63) is 29.3 Å². The van der Waals surface area contributed by atoms with Gasteiger partial charge in [0.05, 0.1) is 0 Å². The Balaban J connectivity index is 2.84. The van der Waals surface area contributed by atoms with Crippen molar-refractivity contribution in [3.63, 3.8) is 0 Å². The van der Waals surface area contributed by atoms with Gasteiger partial charge in [-0.05, 0) is 37.0 Å². The maximum atomic E-state index is 11.4.